The van der Waals surface area contributed by atoms with Crippen LogP contribution in [0.15, 0.2) is 0 Å². The van der Waals surface area contributed by atoms with Crippen molar-refractivity contribution in [2.45, 2.75) is 46.1 Å². The van der Waals surface area contributed by atoms with Crippen LogP contribution in [0.4, 0.5) is 0 Å². The highest BCUT2D eigenvalue weighted by molar-refractivity contribution is 5.93. The Morgan fingerprint density at radius 2 is 1.93 bits per heavy atom. The normalized spacial score (nSPS) is 14.5. The Morgan fingerprint density at radius 1 is 1.36 bits per heavy atom. The molecule has 2 atom stereocenters. The van der Waals surface area contributed by atoms with E-state index in [0.717, 1.165) is 0 Å². The molecule has 4 nitrogen and oxygen atoms in total. The van der Waals surface area contributed by atoms with Crippen LogP contribution in [0.1, 0.15) is 40.0 Å². The highest BCUT2D eigenvalue weighted by Gasteiger charge is 2.27. The Labute approximate surface area is 84.3 Å². The lowest BCUT2D eigenvalue weighted by Crippen LogP contribution is -2.28. The van der Waals surface area contributed by atoms with Gasteiger partial charge in [0.2, 0.25) is 0 Å². The second-order valence-corrected chi connectivity index (χ2v) is 3.34. The van der Waals surface area contributed by atoms with Crippen molar-refractivity contribution >= 4 is 11.9 Å². The van der Waals surface area contributed by atoms with Gasteiger partial charge >= 0.3 is 11.9 Å². The molecule has 14 heavy (non-hydrogen) atoms. The third-order valence-electron chi connectivity index (χ3n) is 2.05. The fourth-order valence-electron chi connectivity index (χ4n) is 0.995. The molecule has 1 N–H and O–H groups in total. The first-order valence-electron chi connectivity index (χ1n) is 4.96. The van der Waals surface area contributed by atoms with Crippen molar-refractivity contribution in [2.75, 3.05) is 0 Å². The van der Waals surface area contributed by atoms with Crippen molar-refractivity contribution < 1.29 is 19.4 Å². The zero-order valence-corrected chi connectivity index (χ0v) is 8.95. The summed E-state index contributed by atoms with van der Waals surface area (Å²) in [4.78, 5) is 22.0. The molecule has 0 rings (SSSR count). The predicted molar refractivity (Wildman–Crippen MR) is 51.9 cm³/mol. The first-order valence-corrected chi connectivity index (χ1v) is 4.96. The number of carboxylic acid groups (broad SMARTS) is 1. The minimum Gasteiger partial charge on any atom is -0.481 e. The number of carbonyl (C=O) groups is 2. The average Bonchev–Trinajstić information content (AvgIpc) is 2.13. The number of hydrogen-bond donors (Lipinski definition) is 1. The number of carboxylic acids is 1. The maximum Gasteiger partial charge on any atom is 0.320 e. The van der Waals surface area contributed by atoms with Crippen LogP contribution in [0, 0.1) is 5.92 Å². The lowest BCUT2D eigenvalue weighted by atomic mass is 10.0. The Balaban J connectivity index is 4.22. The van der Waals surface area contributed by atoms with E-state index in [1.165, 1.54) is 0 Å². The van der Waals surface area contributed by atoms with Gasteiger partial charge in [0.25, 0.3) is 0 Å². The first kappa shape index (κ1) is 12.9. The number of hydrogen-bond acceptors (Lipinski definition) is 3. The largest absolute Gasteiger partial charge is 0.481 e. The van der Waals surface area contributed by atoms with Crippen LogP contribution in [-0.4, -0.2) is 23.1 Å². The summed E-state index contributed by atoms with van der Waals surface area (Å²) < 4.78 is 4.96. The van der Waals surface area contributed by atoms with Crippen LogP contribution in [-0.2, 0) is 14.3 Å². The molecule has 0 spiro atoms. The molecular weight excluding hydrogens is 184 g/mol. The van der Waals surface area contributed by atoms with Gasteiger partial charge in [0, 0.05) is 0 Å². The van der Waals surface area contributed by atoms with Gasteiger partial charge in [-0.25, -0.2) is 0 Å². The van der Waals surface area contributed by atoms with Gasteiger partial charge in [0.15, 0.2) is 5.92 Å². The Hall–Kier alpha value is -1.06. The second kappa shape index (κ2) is 6.40. The van der Waals surface area contributed by atoms with E-state index in [1.807, 2.05) is 13.8 Å². The smallest absolute Gasteiger partial charge is 0.320 e. The lowest BCUT2D eigenvalue weighted by Gasteiger charge is -2.15. The maximum absolute atomic E-state index is 11.3. The van der Waals surface area contributed by atoms with Crippen LogP contribution in [0.2, 0.25) is 0 Å². The summed E-state index contributed by atoms with van der Waals surface area (Å²) in [5.41, 5.74) is 0. The van der Waals surface area contributed by atoms with E-state index in [9.17, 15) is 9.59 Å². The Morgan fingerprint density at radius 3 is 2.29 bits per heavy atom. The van der Waals surface area contributed by atoms with Gasteiger partial charge in [-0.05, 0) is 19.8 Å². The molecule has 0 saturated carbocycles. The molecule has 2 unspecified atom stereocenters. The van der Waals surface area contributed by atoms with E-state index in [4.69, 9.17) is 9.84 Å². The SMILES string of the molecule is CCCC(C(=O)O)C(=O)OC(C)CC. The van der Waals surface area contributed by atoms with Gasteiger partial charge in [0.1, 0.15) is 0 Å². The van der Waals surface area contributed by atoms with E-state index in [2.05, 4.69) is 0 Å². The molecule has 0 aromatic rings. The molecule has 0 aliphatic carbocycles. The van der Waals surface area contributed by atoms with Gasteiger partial charge < -0.3 is 9.84 Å². The van der Waals surface area contributed by atoms with Crippen LogP contribution < -0.4 is 0 Å². The van der Waals surface area contributed by atoms with E-state index in [0.29, 0.717) is 19.3 Å². The van der Waals surface area contributed by atoms with E-state index >= 15 is 0 Å². The molecule has 0 aliphatic heterocycles. The predicted octanol–water partition coefficient (Wildman–Crippen LogP) is 1.83. The number of ether oxygens (including phenoxy) is 1. The fraction of sp³-hybridized carbons (Fsp3) is 0.800. The quantitative estimate of drug-likeness (QED) is 0.527. The molecule has 82 valence electrons. The molecule has 0 aromatic heterocycles. The van der Waals surface area contributed by atoms with Crippen molar-refractivity contribution in [3.63, 3.8) is 0 Å². The van der Waals surface area contributed by atoms with Gasteiger partial charge in [-0.1, -0.05) is 20.3 Å². The molecule has 0 saturated heterocycles. The summed E-state index contributed by atoms with van der Waals surface area (Å²) in [5.74, 6) is -2.72. The summed E-state index contributed by atoms with van der Waals surface area (Å²) in [6, 6.07) is 0. The lowest BCUT2D eigenvalue weighted by molar-refractivity contribution is -0.162. The fourth-order valence-corrected chi connectivity index (χ4v) is 0.995. The Bertz CT molecular complexity index is 200. The van der Waals surface area contributed by atoms with Crippen molar-refractivity contribution in [3.05, 3.63) is 0 Å². The molecule has 0 fully saturated rings. The minimum atomic E-state index is -1.10. The Kier molecular flexibility index (Phi) is 5.92. The van der Waals surface area contributed by atoms with E-state index < -0.39 is 17.9 Å². The van der Waals surface area contributed by atoms with Crippen LogP contribution in [0.5, 0.6) is 0 Å². The summed E-state index contributed by atoms with van der Waals surface area (Å²) in [6.45, 7) is 5.47. The summed E-state index contributed by atoms with van der Waals surface area (Å²) in [7, 11) is 0. The minimum absolute atomic E-state index is 0.207. The van der Waals surface area contributed by atoms with E-state index in [1.54, 1.807) is 6.92 Å². The molecule has 0 radical (unpaired) electrons. The zero-order chi connectivity index (χ0) is 11.1. The molecular formula is C10H18O4. The second-order valence-electron chi connectivity index (χ2n) is 3.34. The number of carbonyl (C=O) groups excluding carboxylic acids is 1. The van der Waals surface area contributed by atoms with Gasteiger partial charge in [-0.3, -0.25) is 9.59 Å². The third-order valence-corrected chi connectivity index (χ3v) is 2.05. The summed E-state index contributed by atoms with van der Waals surface area (Å²) >= 11 is 0. The number of aliphatic carboxylic acids is 1. The maximum atomic E-state index is 11.3. The molecule has 0 bridgehead atoms. The van der Waals surface area contributed by atoms with Gasteiger partial charge in [-0.2, -0.15) is 0 Å². The van der Waals surface area contributed by atoms with Gasteiger partial charge in [-0.15, -0.1) is 0 Å². The van der Waals surface area contributed by atoms with Crippen molar-refractivity contribution in [1.82, 2.24) is 0 Å². The average molecular weight is 202 g/mol. The van der Waals surface area contributed by atoms with E-state index in [-0.39, 0.29) is 6.10 Å². The molecule has 4 heteroatoms. The van der Waals surface area contributed by atoms with Crippen LogP contribution >= 0.6 is 0 Å². The third kappa shape index (κ3) is 4.25. The number of esters is 1. The summed E-state index contributed by atoms with van der Waals surface area (Å²) in [5, 5.41) is 8.76. The van der Waals surface area contributed by atoms with Crippen LogP contribution in [0.3, 0.4) is 0 Å². The highest BCUT2D eigenvalue weighted by Crippen LogP contribution is 2.11. The topological polar surface area (TPSA) is 63.6 Å². The van der Waals surface area contributed by atoms with Crippen molar-refractivity contribution in [2.24, 2.45) is 5.92 Å². The molecule has 0 aliphatic rings. The standard InChI is InChI=1S/C10H18O4/c1-4-6-8(9(11)12)10(13)14-7(3)5-2/h7-8H,4-6H2,1-3H3,(H,11,12). The zero-order valence-electron chi connectivity index (χ0n) is 8.95. The first-order chi connectivity index (χ1) is 6.52. The molecule has 0 heterocycles. The van der Waals surface area contributed by atoms with Crippen molar-refractivity contribution in [1.29, 1.82) is 0 Å². The highest BCUT2D eigenvalue weighted by atomic mass is 16.5. The summed E-state index contributed by atoms with van der Waals surface area (Å²) in [6.07, 6.45) is 1.49. The van der Waals surface area contributed by atoms with Gasteiger partial charge in [0.05, 0.1) is 6.10 Å². The van der Waals surface area contributed by atoms with Crippen molar-refractivity contribution in [3.8, 4) is 0 Å². The molecule has 0 aromatic carbocycles. The molecule has 0 amide bonds. The monoisotopic (exact) mass is 202 g/mol. The number of rotatable bonds is 6. The van der Waals surface area contributed by atoms with Crippen LogP contribution in [0.25, 0.3) is 0 Å².